The fraction of sp³-hybridized carbons (Fsp3) is 0.941. The quantitative estimate of drug-likeness (QED) is 0.0487. The van der Waals surface area contributed by atoms with Gasteiger partial charge in [0.05, 0.1) is 152 Å². The molecule has 0 aromatic heterocycles. The van der Waals surface area contributed by atoms with E-state index in [4.69, 9.17) is 61.6 Å². The second-order valence-electron chi connectivity index (χ2n) is 11.9. The number of methoxy groups -OCH3 is 1. The summed E-state index contributed by atoms with van der Waals surface area (Å²) in [6.45, 7) is 15.8. The number of carbonyl (C=O) groups is 2. The molecular weight excluding hydrogens is 734 g/mol. The Labute approximate surface area is 323 Å². The van der Waals surface area contributed by atoms with Crippen molar-refractivity contribution in [1.82, 2.24) is 16.0 Å². The minimum absolute atomic E-state index is 0.101. The van der Waals surface area contributed by atoms with E-state index in [-0.39, 0.29) is 32.3 Å². The molecule has 322 valence electrons. The van der Waals surface area contributed by atoms with E-state index in [2.05, 4.69) is 16.0 Å². The Hall–Kier alpha value is -1.76. The Kier molecular flexibility index (Phi) is 41.0. The summed E-state index contributed by atoms with van der Waals surface area (Å²) in [6.07, 6.45) is 0.141. The van der Waals surface area contributed by atoms with Crippen LogP contribution in [0.4, 0.5) is 9.59 Å². The summed E-state index contributed by atoms with van der Waals surface area (Å²) in [4.78, 5) is 33.1. The minimum Gasteiger partial charge on any atom is -0.447 e. The zero-order valence-electron chi connectivity index (χ0n) is 33.1. The summed E-state index contributed by atoms with van der Waals surface area (Å²) >= 11 is 0. The predicted molar refractivity (Wildman–Crippen MR) is 201 cm³/mol. The Morgan fingerprint density at radius 3 is 1.02 bits per heavy atom. The molecule has 4 N–H and O–H groups in total. The third kappa shape index (κ3) is 46.4. The summed E-state index contributed by atoms with van der Waals surface area (Å²) in [5.41, 5.74) is 0. The number of ether oxygens (including phenoxy) is 13. The number of carbonyl (C=O) groups excluding carboxylic acids is 2. The summed E-state index contributed by atoms with van der Waals surface area (Å²) in [6, 6.07) is 0.407. The van der Waals surface area contributed by atoms with Crippen LogP contribution in [-0.2, 0) is 61.6 Å². The molecule has 19 nitrogen and oxygen atoms in total. The fourth-order valence-corrected chi connectivity index (χ4v) is 4.86. The average molecular weight is 806 g/mol. The van der Waals surface area contributed by atoms with Crippen molar-refractivity contribution >= 4 is 20.4 Å². The van der Waals surface area contributed by atoms with E-state index in [1.807, 2.05) is 13.1 Å². The molecule has 0 aromatic carbocycles. The normalized spacial score (nSPS) is 11.6. The molecule has 0 rings (SSSR count). The first kappa shape index (κ1) is 52.2. The maximum absolute atomic E-state index is 11.7. The van der Waals surface area contributed by atoms with Crippen molar-refractivity contribution in [3.63, 3.8) is 0 Å². The lowest BCUT2D eigenvalue weighted by Crippen LogP contribution is -2.41. The van der Waals surface area contributed by atoms with Crippen molar-refractivity contribution in [2.24, 2.45) is 0 Å². The van der Waals surface area contributed by atoms with Crippen molar-refractivity contribution < 1.29 is 76.0 Å². The number of amides is 3. The highest BCUT2D eigenvalue weighted by Gasteiger charge is 2.15. The molecule has 54 heavy (non-hydrogen) atoms. The van der Waals surface area contributed by atoms with Crippen LogP contribution in [0.1, 0.15) is 6.42 Å². The number of hydrogen-bond donors (Lipinski definition) is 4. The van der Waals surface area contributed by atoms with E-state index in [1.165, 1.54) is 0 Å². The first-order chi connectivity index (χ1) is 26.3. The molecule has 20 heteroatoms. The molecule has 0 unspecified atom stereocenters. The number of alkyl carbamates (subject to hydrolysis) is 1. The SMILES string of the molecule is COCCOCCOCCOCCOCCOCCOCCOCCOCCOCCOCCOCCOC(=O)NCCNC(=O)NCCC[Si](C)(C)O. The molecule has 0 aliphatic carbocycles. The first-order valence-electron chi connectivity index (χ1n) is 18.8. The lowest BCUT2D eigenvalue weighted by molar-refractivity contribution is -0.0283. The van der Waals surface area contributed by atoms with E-state index in [0.29, 0.717) is 152 Å². The molecule has 0 saturated carbocycles. The van der Waals surface area contributed by atoms with Gasteiger partial charge in [0.25, 0.3) is 0 Å². The van der Waals surface area contributed by atoms with Crippen LogP contribution in [0.3, 0.4) is 0 Å². The van der Waals surface area contributed by atoms with Crippen molar-refractivity contribution in [1.29, 1.82) is 0 Å². The molecule has 0 atom stereocenters. The summed E-state index contributed by atoms with van der Waals surface area (Å²) in [5.74, 6) is 0. The zero-order chi connectivity index (χ0) is 39.5. The molecule has 0 heterocycles. The van der Waals surface area contributed by atoms with Gasteiger partial charge in [-0.2, -0.15) is 0 Å². The van der Waals surface area contributed by atoms with Gasteiger partial charge in [0.2, 0.25) is 0 Å². The van der Waals surface area contributed by atoms with Gasteiger partial charge >= 0.3 is 12.1 Å². The molecule has 0 spiro atoms. The zero-order valence-corrected chi connectivity index (χ0v) is 34.1. The van der Waals surface area contributed by atoms with Crippen LogP contribution in [0.2, 0.25) is 19.1 Å². The van der Waals surface area contributed by atoms with Gasteiger partial charge in [-0.05, 0) is 25.6 Å². The van der Waals surface area contributed by atoms with Crippen molar-refractivity contribution in [3.05, 3.63) is 0 Å². The fourth-order valence-electron chi connectivity index (χ4n) is 3.81. The standard InChI is InChI=1S/C34H71N3O16Si/c1-41-8-9-42-10-11-43-12-13-44-14-15-45-16-17-46-18-19-47-20-21-48-22-23-49-24-25-50-26-27-51-28-29-52-30-31-53-34(39)37-7-6-36-33(38)35-5-4-32-54(2,3)40/h40H,4-32H2,1-3H3,(H,37,39)(H2,35,36,38). The number of urea groups is 1. The van der Waals surface area contributed by atoms with Crippen LogP contribution in [0.15, 0.2) is 0 Å². The molecular formula is C34H71N3O16Si. The summed E-state index contributed by atoms with van der Waals surface area (Å²) in [5, 5.41) is 7.89. The maximum Gasteiger partial charge on any atom is 0.407 e. The topological polar surface area (TPSA) is 210 Å². The van der Waals surface area contributed by atoms with Gasteiger partial charge in [0.1, 0.15) is 6.61 Å². The van der Waals surface area contributed by atoms with Crippen molar-refractivity contribution in [2.45, 2.75) is 25.6 Å². The molecule has 0 fully saturated rings. The minimum atomic E-state index is -2.09. The Morgan fingerprint density at radius 1 is 0.426 bits per heavy atom. The first-order valence-corrected chi connectivity index (χ1v) is 22.0. The van der Waals surface area contributed by atoms with Crippen molar-refractivity contribution in [2.75, 3.05) is 185 Å². The lowest BCUT2D eigenvalue weighted by atomic mass is 10.5. The van der Waals surface area contributed by atoms with E-state index in [0.717, 1.165) is 12.5 Å². The van der Waals surface area contributed by atoms with Crippen molar-refractivity contribution in [3.8, 4) is 0 Å². The van der Waals surface area contributed by atoms with Gasteiger partial charge in [0, 0.05) is 26.7 Å². The van der Waals surface area contributed by atoms with Crippen LogP contribution < -0.4 is 16.0 Å². The molecule has 0 bridgehead atoms. The largest absolute Gasteiger partial charge is 0.447 e. The molecule has 3 amide bonds. The number of rotatable bonds is 43. The third-order valence-corrected chi connectivity index (χ3v) is 8.12. The Morgan fingerprint density at radius 2 is 0.704 bits per heavy atom. The van der Waals surface area contributed by atoms with E-state index < -0.39 is 14.4 Å². The summed E-state index contributed by atoms with van der Waals surface area (Å²) in [7, 11) is -0.447. The van der Waals surface area contributed by atoms with Gasteiger partial charge < -0.3 is 82.3 Å². The second kappa shape index (κ2) is 42.4. The Balaban J connectivity index is 3.17. The third-order valence-electron chi connectivity index (χ3n) is 6.54. The molecule has 0 aliphatic rings. The highest BCUT2D eigenvalue weighted by Crippen LogP contribution is 2.06. The maximum atomic E-state index is 11.7. The van der Waals surface area contributed by atoms with Crippen LogP contribution >= 0.6 is 0 Å². The highest BCUT2D eigenvalue weighted by atomic mass is 28.4. The molecule has 0 saturated heterocycles. The van der Waals surface area contributed by atoms with E-state index in [1.54, 1.807) is 7.11 Å². The molecule has 0 aromatic rings. The van der Waals surface area contributed by atoms with Gasteiger partial charge in [0.15, 0.2) is 8.32 Å². The monoisotopic (exact) mass is 805 g/mol. The average Bonchev–Trinajstić information content (AvgIpc) is 3.14. The predicted octanol–water partition coefficient (Wildman–Crippen LogP) is 0.428. The van der Waals surface area contributed by atoms with Crippen LogP contribution in [-0.4, -0.2) is 211 Å². The summed E-state index contributed by atoms with van der Waals surface area (Å²) < 4.78 is 69.6. The number of nitrogens with one attached hydrogen (secondary N) is 3. The molecule has 0 radical (unpaired) electrons. The highest BCUT2D eigenvalue weighted by molar-refractivity contribution is 6.69. The number of hydrogen-bond acceptors (Lipinski definition) is 16. The van der Waals surface area contributed by atoms with E-state index in [9.17, 15) is 14.4 Å². The molecule has 0 aliphatic heterocycles. The van der Waals surface area contributed by atoms with Gasteiger partial charge in [-0.3, -0.25) is 0 Å². The van der Waals surface area contributed by atoms with Crippen LogP contribution in [0, 0.1) is 0 Å². The van der Waals surface area contributed by atoms with Crippen LogP contribution in [0.5, 0.6) is 0 Å². The van der Waals surface area contributed by atoms with Gasteiger partial charge in [-0.25, -0.2) is 9.59 Å². The van der Waals surface area contributed by atoms with Gasteiger partial charge in [-0.15, -0.1) is 0 Å². The van der Waals surface area contributed by atoms with Gasteiger partial charge in [-0.1, -0.05) is 0 Å². The van der Waals surface area contributed by atoms with E-state index >= 15 is 0 Å². The smallest absolute Gasteiger partial charge is 0.407 e. The lowest BCUT2D eigenvalue weighted by Gasteiger charge is -2.14. The van der Waals surface area contributed by atoms with Crippen LogP contribution in [0.25, 0.3) is 0 Å². The second-order valence-corrected chi connectivity index (χ2v) is 16.0. The Bertz CT molecular complexity index is 805.